The maximum atomic E-state index is 8.91. The zero-order chi connectivity index (χ0) is 14.8. The van der Waals surface area contributed by atoms with E-state index in [2.05, 4.69) is 11.1 Å². The number of halogens is 2. The second-order valence-corrected chi connectivity index (χ2v) is 5.35. The second kappa shape index (κ2) is 5.77. The molecule has 3 nitrogen and oxygen atoms in total. The summed E-state index contributed by atoms with van der Waals surface area (Å²) in [4.78, 5) is 4.61. The standard InChI is InChI=1S/C16H11Cl2N3/c17-9-8-15-20-14-3-1-2-13(18)16(14)21(15)12-6-4-11(10-19)5-7-12/h1-7H,8-9H2. The Labute approximate surface area is 132 Å². The Morgan fingerprint density at radius 1 is 1.14 bits per heavy atom. The topological polar surface area (TPSA) is 41.6 Å². The largest absolute Gasteiger partial charge is 0.295 e. The highest BCUT2D eigenvalue weighted by Gasteiger charge is 2.14. The van der Waals surface area contributed by atoms with Crippen LogP contribution in [0.25, 0.3) is 16.7 Å². The predicted octanol–water partition coefficient (Wildman–Crippen LogP) is 4.33. The number of hydrogen-bond acceptors (Lipinski definition) is 2. The SMILES string of the molecule is N#Cc1ccc(-n2c(CCCl)nc3cccc(Cl)c32)cc1. The first-order valence-electron chi connectivity index (χ1n) is 6.47. The molecule has 0 unspecified atom stereocenters. The summed E-state index contributed by atoms with van der Waals surface area (Å²) in [6.45, 7) is 0. The van der Waals surface area contributed by atoms with Gasteiger partial charge in [-0.3, -0.25) is 4.57 Å². The molecule has 5 heteroatoms. The van der Waals surface area contributed by atoms with E-state index in [-0.39, 0.29) is 0 Å². The quantitative estimate of drug-likeness (QED) is 0.675. The zero-order valence-corrected chi connectivity index (χ0v) is 12.6. The number of nitrogens with zero attached hydrogens (tertiary/aromatic N) is 3. The number of hydrogen-bond donors (Lipinski definition) is 0. The molecule has 0 amide bonds. The number of nitriles is 1. The summed E-state index contributed by atoms with van der Waals surface area (Å²) in [6.07, 6.45) is 0.645. The van der Waals surface area contributed by atoms with Gasteiger partial charge in [0.05, 0.1) is 27.7 Å². The van der Waals surface area contributed by atoms with E-state index in [1.165, 1.54) is 0 Å². The van der Waals surface area contributed by atoms with Gasteiger partial charge in [-0.15, -0.1) is 11.6 Å². The van der Waals surface area contributed by atoms with Crippen LogP contribution in [0.3, 0.4) is 0 Å². The number of aromatic nitrogens is 2. The van der Waals surface area contributed by atoms with E-state index in [0.717, 1.165) is 22.5 Å². The zero-order valence-electron chi connectivity index (χ0n) is 11.1. The van der Waals surface area contributed by atoms with E-state index >= 15 is 0 Å². The fraction of sp³-hybridized carbons (Fsp3) is 0.125. The molecular weight excluding hydrogens is 305 g/mol. The molecule has 3 rings (SSSR count). The fourth-order valence-corrected chi connectivity index (χ4v) is 2.77. The number of benzene rings is 2. The van der Waals surface area contributed by atoms with Gasteiger partial charge >= 0.3 is 0 Å². The summed E-state index contributed by atoms with van der Waals surface area (Å²) in [5, 5.41) is 9.55. The first-order chi connectivity index (χ1) is 10.2. The Hall–Kier alpha value is -2.02. The van der Waals surface area contributed by atoms with E-state index in [1.807, 2.05) is 34.9 Å². The van der Waals surface area contributed by atoms with Gasteiger partial charge in [-0.2, -0.15) is 5.26 Å². The van der Waals surface area contributed by atoms with Gasteiger partial charge in [-0.1, -0.05) is 17.7 Å². The van der Waals surface area contributed by atoms with Gasteiger partial charge in [-0.25, -0.2) is 4.98 Å². The van der Waals surface area contributed by atoms with E-state index < -0.39 is 0 Å². The summed E-state index contributed by atoms with van der Waals surface area (Å²) < 4.78 is 2.00. The van der Waals surface area contributed by atoms with Crippen LogP contribution in [0.2, 0.25) is 5.02 Å². The van der Waals surface area contributed by atoms with Gasteiger partial charge in [0.2, 0.25) is 0 Å². The molecule has 1 aromatic heterocycles. The third kappa shape index (κ3) is 2.49. The lowest BCUT2D eigenvalue weighted by molar-refractivity contribution is 0.912. The molecule has 0 aliphatic carbocycles. The molecule has 104 valence electrons. The van der Waals surface area contributed by atoms with Crippen molar-refractivity contribution in [2.24, 2.45) is 0 Å². The van der Waals surface area contributed by atoms with Crippen LogP contribution >= 0.6 is 23.2 Å². The molecule has 0 fully saturated rings. The van der Waals surface area contributed by atoms with Crippen molar-refractivity contribution in [2.75, 3.05) is 5.88 Å². The molecule has 3 aromatic rings. The van der Waals surface area contributed by atoms with Crippen LogP contribution in [0.5, 0.6) is 0 Å². The average Bonchev–Trinajstić information content (AvgIpc) is 2.87. The Bertz CT molecular complexity index is 829. The minimum absolute atomic E-state index is 0.483. The Kier molecular flexibility index (Phi) is 3.83. The highest BCUT2D eigenvalue weighted by Crippen LogP contribution is 2.28. The normalized spacial score (nSPS) is 10.7. The molecule has 0 N–H and O–H groups in total. The summed E-state index contributed by atoms with van der Waals surface area (Å²) in [5.74, 6) is 1.34. The number of imidazole rings is 1. The third-order valence-corrected chi connectivity index (χ3v) is 3.76. The molecule has 0 spiro atoms. The average molecular weight is 316 g/mol. The van der Waals surface area contributed by atoms with Gasteiger partial charge in [0.1, 0.15) is 5.82 Å². The summed E-state index contributed by atoms with van der Waals surface area (Å²) in [6, 6.07) is 15.1. The highest BCUT2D eigenvalue weighted by molar-refractivity contribution is 6.35. The van der Waals surface area contributed by atoms with Crippen LogP contribution in [0, 0.1) is 11.3 Å². The van der Waals surface area contributed by atoms with Gasteiger partial charge in [-0.05, 0) is 36.4 Å². The molecule has 2 aromatic carbocycles. The molecule has 0 atom stereocenters. The Balaban J connectivity index is 2.27. The van der Waals surface area contributed by atoms with Crippen molar-refractivity contribution in [3.8, 4) is 11.8 Å². The van der Waals surface area contributed by atoms with Gasteiger partial charge in [0.25, 0.3) is 0 Å². The summed E-state index contributed by atoms with van der Waals surface area (Å²) in [7, 11) is 0. The molecule has 21 heavy (non-hydrogen) atoms. The van der Waals surface area contributed by atoms with Gasteiger partial charge < -0.3 is 0 Å². The van der Waals surface area contributed by atoms with Crippen LogP contribution in [0.15, 0.2) is 42.5 Å². The summed E-state index contributed by atoms with van der Waals surface area (Å²) >= 11 is 12.2. The molecule has 0 aliphatic heterocycles. The Morgan fingerprint density at radius 2 is 1.90 bits per heavy atom. The molecule has 0 radical (unpaired) electrons. The lowest BCUT2D eigenvalue weighted by atomic mass is 10.2. The molecule has 0 saturated heterocycles. The first kappa shape index (κ1) is 13.9. The van der Waals surface area contributed by atoms with Crippen LogP contribution < -0.4 is 0 Å². The van der Waals surface area contributed by atoms with Crippen molar-refractivity contribution >= 4 is 34.2 Å². The van der Waals surface area contributed by atoms with Crippen molar-refractivity contribution in [2.45, 2.75) is 6.42 Å². The maximum Gasteiger partial charge on any atom is 0.115 e. The molecular formula is C16H11Cl2N3. The third-order valence-electron chi connectivity index (χ3n) is 3.27. The monoisotopic (exact) mass is 315 g/mol. The van der Waals surface area contributed by atoms with Crippen LogP contribution in [0.4, 0.5) is 0 Å². The number of para-hydroxylation sites is 1. The first-order valence-corrected chi connectivity index (χ1v) is 7.38. The predicted molar refractivity (Wildman–Crippen MR) is 85.2 cm³/mol. The maximum absolute atomic E-state index is 8.91. The molecule has 0 saturated carbocycles. The molecule has 0 aliphatic rings. The van der Waals surface area contributed by atoms with E-state index in [9.17, 15) is 0 Å². The van der Waals surface area contributed by atoms with Crippen molar-refractivity contribution in [3.05, 3.63) is 58.9 Å². The number of aryl methyl sites for hydroxylation is 1. The summed E-state index contributed by atoms with van der Waals surface area (Å²) in [5.41, 5.74) is 3.24. The minimum Gasteiger partial charge on any atom is -0.295 e. The second-order valence-electron chi connectivity index (χ2n) is 4.57. The number of rotatable bonds is 3. The van der Waals surface area contributed by atoms with Crippen molar-refractivity contribution in [3.63, 3.8) is 0 Å². The van der Waals surface area contributed by atoms with Crippen molar-refractivity contribution in [1.82, 2.24) is 9.55 Å². The smallest absolute Gasteiger partial charge is 0.115 e. The van der Waals surface area contributed by atoms with Gasteiger partial charge in [0, 0.05) is 18.0 Å². The van der Waals surface area contributed by atoms with Crippen molar-refractivity contribution < 1.29 is 0 Å². The Morgan fingerprint density at radius 3 is 2.57 bits per heavy atom. The number of fused-ring (bicyclic) bond motifs is 1. The van der Waals surface area contributed by atoms with Crippen LogP contribution in [-0.2, 0) is 6.42 Å². The van der Waals surface area contributed by atoms with Crippen LogP contribution in [-0.4, -0.2) is 15.4 Å². The lowest BCUT2D eigenvalue weighted by Crippen LogP contribution is -2.02. The lowest BCUT2D eigenvalue weighted by Gasteiger charge is -2.09. The van der Waals surface area contributed by atoms with E-state index in [4.69, 9.17) is 28.5 Å². The van der Waals surface area contributed by atoms with E-state index in [0.29, 0.717) is 22.9 Å². The fourth-order valence-electron chi connectivity index (χ4n) is 2.35. The minimum atomic E-state index is 0.483. The highest BCUT2D eigenvalue weighted by atomic mass is 35.5. The van der Waals surface area contributed by atoms with Gasteiger partial charge in [0.15, 0.2) is 0 Å². The van der Waals surface area contributed by atoms with Crippen LogP contribution in [0.1, 0.15) is 11.4 Å². The molecule has 1 heterocycles. The van der Waals surface area contributed by atoms with Crippen molar-refractivity contribution in [1.29, 1.82) is 5.26 Å². The van der Waals surface area contributed by atoms with E-state index in [1.54, 1.807) is 12.1 Å². The molecule has 0 bridgehead atoms. The number of alkyl halides is 1.